The van der Waals surface area contributed by atoms with Gasteiger partial charge in [0.2, 0.25) is 0 Å². The monoisotopic (exact) mass is 292 g/mol. The molecular formula is C18H29FN2. The molecule has 0 saturated carbocycles. The second kappa shape index (κ2) is 8.50. The van der Waals surface area contributed by atoms with Crippen molar-refractivity contribution in [3.05, 3.63) is 35.6 Å². The van der Waals surface area contributed by atoms with Gasteiger partial charge in [0.15, 0.2) is 0 Å². The molecule has 1 aliphatic rings. The number of benzene rings is 1. The van der Waals surface area contributed by atoms with Crippen LogP contribution in [0, 0.1) is 5.82 Å². The fourth-order valence-electron chi connectivity index (χ4n) is 3.51. The van der Waals surface area contributed by atoms with Crippen LogP contribution < -0.4 is 5.32 Å². The Morgan fingerprint density at radius 3 is 2.95 bits per heavy atom. The molecule has 1 fully saturated rings. The average molecular weight is 292 g/mol. The third kappa shape index (κ3) is 4.79. The minimum atomic E-state index is -0.144. The Labute approximate surface area is 128 Å². The molecular weight excluding hydrogens is 263 g/mol. The van der Waals surface area contributed by atoms with Gasteiger partial charge in [-0.25, -0.2) is 4.39 Å². The molecule has 0 aliphatic carbocycles. The lowest BCUT2D eigenvalue weighted by Gasteiger charge is -2.36. The van der Waals surface area contributed by atoms with Gasteiger partial charge in [-0.2, -0.15) is 0 Å². The third-order valence-electron chi connectivity index (χ3n) is 4.68. The number of hydrogen-bond acceptors (Lipinski definition) is 2. The van der Waals surface area contributed by atoms with E-state index in [0.717, 1.165) is 24.6 Å². The summed E-state index contributed by atoms with van der Waals surface area (Å²) >= 11 is 0. The first-order valence-electron chi connectivity index (χ1n) is 8.41. The molecule has 1 aliphatic heterocycles. The van der Waals surface area contributed by atoms with Gasteiger partial charge in [0.1, 0.15) is 5.82 Å². The van der Waals surface area contributed by atoms with Crippen LogP contribution in [0.5, 0.6) is 0 Å². The topological polar surface area (TPSA) is 15.3 Å². The maximum Gasteiger partial charge on any atom is 0.123 e. The van der Waals surface area contributed by atoms with Crippen LogP contribution in [0.25, 0.3) is 0 Å². The lowest BCUT2D eigenvalue weighted by molar-refractivity contribution is 0.133. The molecule has 3 heteroatoms. The van der Waals surface area contributed by atoms with Crippen molar-refractivity contribution in [1.29, 1.82) is 0 Å². The summed E-state index contributed by atoms with van der Waals surface area (Å²) in [6, 6.07) is 7.98. The van der Waals surface area contributed by atoms with Crippen molar-refractivity contribution in [2.75, 3.05) is 20.1 Å². The van der Waals surface area contributed by atoms with Crippen LogP contribution in [0.3, 0.4) is 0 Å². The van der Waals surface area contributed by atoms with Crippen molar-refractivity contribution in [2.45, 2.75) is 57.5 Å². The zero-order valence-electron chi connectivity index (χ0n) is 13.4. The summed E-state index contributed by atoms with van der Waals surface area (Å²) in [6.45, 7) is 4.60. The van der Waals surface area contributed by atoms with Gasteiger partial charge < -0.3 is 10.2 Å². The van der Waals surface area contributed by atoms with Crippen LogP contribution in [0.4, 0.5) is 4.39 Å². The Balaban J connectivity index is 1.92. The smallest absolute Gasteiger partial charge is 0.123 e. The van der Waals surface area contributed by atoms with Gasteiger partial charge in [-0.15, -0.1) is 0 Å². The van der Waals surface area contributed by atoms with E-state index in [-0.39, 0.29) is 11.9 Å². The second-order valence-corrected chi connectivity index (χ2v) is 6.16. The van der Waals surface area contributed by atoms with Gasteiger partial charge in [-0.1, -0.05) is 31.9 Å². The summed E-state index contributed by atoms with van der Waals surface area (Å²) in [5.74, 6) is -0.144. The molecule has 2 rings (SSSR count). The van der Waals surface area contributed by atoms with E-state index in [9.17, 15) is 4.39 Å². The van der Waals surface area contributed by atoms with E-state index in [4.69, 9.17) is 0 Å². The second-order valence-electron chi connectivity index (χ2n) is 6.16. The van der Waals surface area contributed by atoms with Crippen molar-refractivity contribution < 1.29 is 4.39 Å². The number of hydrogen-bond donors (Lipinski definition) is 1. The largest absolute Gasteiger partial charge is 0.313 e. The first-order valence-corrected chi connectivity index (χ1v) is 8.41. The van der Waals surface area contributed by atoms with Gasteiger partial charge in [0.05, 0.1) is 0 Å². The highest BCUT2D eigenvalue weighted by atomic mass is 19.1. The zero-order valence-corrected chi connectivity index (χ0v) is 13.4. The van der Waals surface area contributed by atoms with Crippen LogP contribution >= 0.6 is 0 Å². The van der Waals surface area contributed by atoms with E-state index < -0.39 is 0 Å². The Morgan fingerprint density at radius 2 is 2.24 bits per heavy atom. The van der Waals surface area contributed by atoms with Crippen molar-refractivity contribution in [3.8, 4) is 0 Å². The summed E-state index contributed by atoms with van der Waals surface area (Å²) in [6.07, 6.45) is 7.66. The van der Waals surface area contributed by atoms with Gasteiger partial charge in [-0.05, 0) is 57.0 Å². The fourth-order valence-corrected chi connectivity index (χ4v) is 3.51. The predicted molar refractivity (Wildman–Crippen MR) is 86.9 cm³/mol. The molecule has 0 radical (unpaired) electrons. The fraction of sp³-hybridized carbons (Fsp3) is 0.667. The van der Waals surface area contributed by atoms with E-state index in [0.29, 0.717) is 0 Å². The molecule has 1 saturated heterocycles. The summed E-state index contributed by atoms with van der Waals surface area (Å²) in [5.41, 5.74) is 1.06. The summed E-state index contributed by atoms with van der Waals surface area (Å²) in [4.78, 5) is 2.65. The maximum absolute atomic E-state index is 13.4. The standard InChI is InChI=1S/C18H29FN2/c1-3-7-17-10-4-5-12-21(17)13-11-18(20-2)15-8-6-9-16(19)14-15/h6,8-9,14,17-18,20H,3-5,7,10-13H2,1-2H3. The summed E-state index contributed by atoms with van der Waals surface area (Å²) in [7, 11) is 1.97. The molecule has 118 valence electrons. The van der Waals surface area contributed by atoms with Crippen LogP contribution in [-0.4, -0.2) is 31.1 Å². The number of piperidine rings is 1. The van der Waals surface area contributed by atoms with Gasteiger partial charge in [-0.3, -0.25) is 0 Å². The van der Waals surface area contributed by atoms with E-state index in [2.05, 4.69) is 17.1 Å². The molecule has 2 unspecified atom stereocenters. The average Bonchev–Trinajstić information content (AvgIpc) is 2.50. The molecule has 1 aromatic rings. The molecule has 1 heterocycles. The number of likely N-dealkylation sites (tertiary alicyclic amines) is 1. The van der Waals surface area contributed by atoms with Gasteiger partial charge >= 0.3 is 0 Å². The van der Waals surface area contributed by atoms with Crippen molar-refractivity contribution in [1.82, 2.24) is 10.2 Å². The quantitative estimate of drug-likeness (QED) is 0.813. The highest BCUT2D eigenvalue weighted by molar-refractivity contribution is 5.20. The number of nitrogens with zero attached hydrogens (tertiary/aromatic N) is 1. The minimum Gasteiger partial charge on any atom is -0.313 e. The van der Waals surface area contributed by atoms with Crippen LogP contribution in [-0.2, 0) is 0 Å². The molecule has 2 nitrogen and oxygen atoms in total. The first kappa shape index (κ1) is 16.4. The highest BCUT2D eigenvalue weighted by Crippen LogP contribution is 2.24. The Hall–Kier alpha value is -0.930. The molecule has 21 heavy (non-hydrogen) atoms. The van der Waals surface area contributed by atoms with E-state index >= 15 is 0 Å². The molecule has 1 aromatic carbocycles. The lowest BCUT2D eigenvalue weighted by Crippen LogP contribution is -2.41. The van der Waals surface area contributed by atoms with E-state index in [1.54, 1.807) is 12.1 Å². The molecule has 2 atom stereocenters. The molecule has 1 N–H and O–H groups in total. The van der Waals surface area contributed by atoms with E-state index in [1.165, 1.54) is 44.7 Å². The molecule has 0 aromatic heterocycles. The predicted octanol–water partition coefficient (Wildman–Crippen LogP) is 4.13. The summed E-state index contributed by atoms with van der Waals surface area (Å²) in [5, 5.41) is 3.34. The number of rotatable bonds is 7. The van der Waals surface area contributed by atoms with Crippen LogP contribution in [0.15, 0.2) is 24.3 Å². The van der Waals surface area contributed by atoms with Crippen molar-refractivity contribution in [2.24, 2.45) is 0 Å². The lowest BCUT2D eigenvalue weighted by atomic mass is 9.96. The number of nitrogens with one attached hydrogen (secondary N) is 1. The third-order valence-corrected chi connectivity index (χ3v) is 4.68. The van der Waals surface area contributed by atoms with Crippen LogP contribution in [0.1, 0.15) is 57.1 Å². The summed E-state index contributed by atoms with van der Waals surface area (Å²) < 4.78 is 13.4. The molecule has 0 spiro atoms. The molecule has 0 bridgehead atoms. The normalized spacial score (nSPS) is 21.4. The SMILES string of the molecule is CCCC1CCCCN1CCC(NC)c1cccc(F)c1. The van der Waals surface area contributed by atoms with Crippen molar-refractivity contribution >= 4 is 0 Å². The van der Waals surface area contributed by atoms with E-state index in [1.807, 2.05) is 13.1 Å². The number of halogens is 1. The van der Waals surface area contributed by atoms with Gasteiger partial charge in [0, 0.05) is 18.6 Å². The zero-order chi connectivity index (χ0) is 15.1. The minimum absolute atomic E-state index is 0.144. The molecule has 0 amide bonds. The maximum atomic E-state index is 13.4. The Bertz CT molecular complexity index is 419. The first-order chi connectivity index (χ1) is 10.2. The highest BCUT2D eigenvalue weighted by Gasteiger charge is 2.22. The van der Waals surface area contributed by atoms with Crippen molar-refractivity contribution in [3.63, 3.8) is 0 Å². The Kier molecular flexibility index (Phi) is 6.65. The van der Waals surface area contributed by atoms with Crippen LogP contribution in [0.2, 0.25) is 0 Å². The van der Waals surface area contributed by atoms with Gasteiger partial charge in [0.25, 0.3) is 0 Å². The Morgan fingerprint density at radius 1 is 1.38 bits per heavy atom.